The van der Waals surface area contributed by atoms with E-state index in [-0.39, 0.29) is 5.91 Å². The maximum atomic E-state index is 12.6. The zero-order valence-corrected chi connectivity index (χ0v) is 17.1. The number of amides is 1. The Labute approximate surface area is 171 Å². The number of nitrogens with zero attached hydrogens (tertiary/aromatic N) is 1. The Balaban J connectivity index is 1.52. The van der Waals surface area contributed by atoms with Crippen molar-refractivity contribution in [3.63, 3.8) is 0 Å². The average molecular weight is 399 g/mol. The summed E-state index contributed by atoms with van der Waals surface area (Å²) in [5, 5.41) is 3.08. The Morgan fingerprint density at radius 2 is 1.93 bits per heavy atom. The molecule has 2 aromatic carbocycles. The first-order valence-electron chi connectivity index (χ1n) is 9.55. The predicted octanol–water partition coefficient (Wildman–Crippen LogP) is 2.32. The quantitative estimate of drug-likeness (QED) is 0.529. The van der Waals surface area contributed by atoms with E-state index in [0.717, 1.165) is 54.0 Å². The molecule has 0 atom stereocenters. The summed E-state index contributed by atoms with van der Waals surface area (Å²) in [5.41, 5.74) is 2.01. The van der Waals surface area contributed by atoms with Crippen molar-refractivity contribution in [3.8, 4) is 5.75 Å². The number of quaternary nitrogens is 1. The number of ether oxygens (including phenoxy) is 1. The van der Waals surface area contributed by atoms with Crippen LogP contribution in [0, 0.1) is 0 Å². The fraction of sp³-hybridized carbons (Fsp3) is 0.318. The molecule has 1 fully saturated rings. The molecule has 148 valence electrons. The number of carbonyl (C=O) groups excluding carboxylic acids is 1. The fourth-order valence-electron chi connectivity index (χ4n) is 3.40. The van der Waals surface area contributed by atoms with E-state index in [4.69, 9.17) is 4.74 Å². The van der Waals surface area contributed by atoms with Crippen LogP contribution in [-0.2, 0) is 4.79 Å². The highest BCUT2D eigenvalue weighted by Gasteiger charge is 2.24. The normalized spacial score (nSPS) is 14.5. The van der Waals surface area contributed by atoms with Gasteiger partial charge in [0.25, 0.3) is 5.91 Å². The number of anilines is 2. The van der Waals surface area contributed by atoms with Crippen LogP contribution in [0.2, 0.25) is 0 Å². The second-order valence-corrected chi connectivity index (χ2v) is 7.79. The topological polar surface area (TPSA) is 46.0 Å². The van der Waals surface area contributed by atoms with Crippen molar-refractivity contribution in [2.24, 2.45) is 0 Å². The predicted molar refractivity (Wildman–Crippen MR) is 117 cm³/mol. The van der Waals surface area contributed by atoms with Gasteiger partial charge in [0.2, 0.25) is 0 Å². The zero-order valence-electron chi connectivity index (χ0n) is 16.3. The monoisotopic (exact) mass is 398 g/mol. The minimum atomic E-state index is 0.0624. The Morgan fingerprint density at radius 1 is 1.21 bits per heavy atom. The van der Waals surface area contributed by atoms with Crippen LogP contribution in [0.1, 0.15) is 0 Å². The van der Waals surface area contributed by atoms with Gasteiger partial charge >= 0.3 is 0 Å². The van der Waals surface area contributed by atoms with Crippen LogP contribution in [0.3, 0.4) is 0 Å². The molecule has 1 heterocycles. The molecule has 0 saturated carbocycles. The molecular weight excluding hydrogens is 370 g/mol. The molecule has 0 aliphatic carbocycles. The number of carbonyl (C=O) groups is 1. The molecule has 2 N–H and O–H groups in total. The van der Waals surface area contributed by atoms with Gasteiger partial charge in [-0.3, -0.25) is 4.79 Å². The number of rotatable bonds is 8. The van der Waals surface area contributed by atoms with Gasteiger partial charge in [0.1, 0.15) is 5.75 Å². The van der Waals surface area contributed by atoms with E-state index >= 15 is 0 Å². The SMILES string of the molecule is C=CCSc1ccccc1NC(=O)C[NH+]1CCN(c2ccccc2OC)CC1. The smallest absolute Gasteiger partial charge is 0.279 e. The van der Waals surface area contributed by atoms with Crippen LogP contribution >= 0.6 is 11.8 Å². The molecule has 1 saturated heterocycles. The third-order valence-electron chi connectivity index (χ3n) is 4.82. The minimum absolute atomic E-state index is 0.0624. The van der Waals surface area contributed by atoms with Gasteiger partial charge in [0.05, 0.1) is 44.7 Å². The average Bonchev–Trinajstić information content (AvgIpc) is 2.73. The first-order valence-corrected chi connectivity index (χ1v) is 10.5. The molecule has 0 radical (unpaired) electrons. The number of para-hydroxylation sites is 3. The molecule has 1 aliphatic heterocycles. The van der Waals surface area contributed by atoms with Crippen molar-refractivity contribution >= 4 is 29.0 Å². The van der Waals surface area contributed by atoms with Gasteiger partial charge in [0.15, 0.2) is 6.54 Å². The highest BCUT2D eigenvalue weighted by atomic mass is 32.2. The molecule has 1 aliphatic rings. The van der Waals surface area contributed by atoms with Crippen LogP contribution in [0.25, 0.3) is 0 Å². The molecular formula is C22H28N3O2S+. The number of methoxy groups -OCH3 is 1. The van der Waals surface area contributed by atoms with Crippen molar-refractivity contribution < 1.29 is 14.4 Å². The van der Waals surface area contributed by atoms with Gasteiger partial charge in [-0.1, -0.05) is 30.3 Å². The van der Waals surface area contributed by atoms with Gasteiger partial charge in [-0.15, -0.1) is 18.3 Å². The summed E-state index contributed by atoms with van der Waals surface area (Å²) in [7, 11) is 1.70. The van der Waals surface area contributed by atoms with E-state index in [1.807, 2.05) is 48.5 Å². The number of nitrogens with one attached hydrogen (secondary N) is 2. The second-order valence-electron chi connectivity index (χ2n) is 6.73. The fourth-order valence-corrected chi connectivity index (χ4v) is 4.14. The third-order valence-corrected chi connectivity index (χ3v) is 5.89. The number of thioether (sulfide) groups is 1. The van der Waals surface area contributed by atoms with Crippen molar-refractivity contribution in [1.82, 2.24) is 0 Å². The van der Waals surface area contributed by atoms with Crippen molar-refractivity contribution in [2.45, 2.75) is 4.90 Å². The Bertz CT molecular complexity index is 804. The molecule has 0 spiro atoms. The van der Waals surface area contributed by atoms with E-state index < -0.39 is 0 Å². The molecule has 5 nitrogen and oxygen atoms in total. The number of hydrogen-bond donors (Lipinski definition) is 2. The number of hydrogen-bond acceptors (Lipinski definition) is 4. The lowest BCUT2D eigenvalue weighted by Gasteiger charge is -2.34. The first-order chi connectivity index (χ1) is 13.7. The Kier molecular flexibility index (Phi) is 7.39. The largest absolute Gasteiger partial charge is 0.495 e. The summed E-state index contributed by atoms with van der Waals surface area (Å²) in [4.78, 5) is 17.3. The maximum Gasteiger partial charge on any atom is 0.279 e. The van der Waals surface area contributed by atoms with Crippen molar-refractivity contribution in [3.05, 3.63) is 61.2 Å². The second kappa shape index (κ2) is 10.2. The molecule has 0 aromatic heterocycles. The van der Waals surface area contributed by atoms with E-state index in [1.165, 1.54) is 4.90 Å². The third kappa shape index (κ3) is 5.30. The summed E-state index contributed by atoms with van der Waals surface area (Å²) in [6.45, 7) is 7.93. The molecule has 28 heavy (non-hydrogen) atoms. The van der Waals surface area contributed by atoms with Gasteiger partial charge in [-0.2, -0.15) is 0 Å². The van der Waals surface area contributed by atoms with Gasteiger partial charge in [-0.25, -0.2) is 0 Å². The zero-order chi connectivity index (χ0) is 19.8. The van der Waals surface area contributed by atoms with E-state index in [9.17, 15) is 4.79 Å². The highest BCUT2D eigenvalue weighted by molar-refractivity contribution is 7.99. The lowest BCUT2D eigenvalue weighted by Crippen LogP contribution is -3.15. The highest BCUT2D eigenvalue weighted by Crippen LogP contribution is 2.28. The van der Waals surface area contributed by atoms with Gasteiger partial charge in [0, 0.05) is 10.6 Å². The van der Waals surface area contributed by atoms with Gasteiger partial charge in [-0.05, 0) is 24.3 Å². The summed E-state index contributed by atoms with van der Waals surface area (Å²) in [6, 6.07) is 16.0. The lowest BCUT2D eigenvalue weighted by molar-refractivity contribution is -0.892. The van der Waals surface area contributed by atoms with Crippen molar-refractivity contribution in [2.75, 3.05) is 55.8 Å². The molecule has 1 amide bonds. The summed E-state index contributed by atoms with van der Waals surface area (Å²) >= 11 is 1.68. The van der Waals surface area contributed by atoms with Crippen molar-refractivity contribution in [1.29, 1.82) is 0 Å². The molecule has 6 heteroatoms. The van der Waals surface area contributed by atoms with Crippen LogP contribution in [-0.4, -0.2) is 51.5 Å². The number of benzene rings is 2. The molecule has 2 aromatic rings. The van der Waals surface area contributed by atoms with Crippen LogP contribution in [0.5, 0.6) is 5.75 Å². The molecule has 3 rings (SSSR count). The standard InChI is InChI=1S/C22H27N3O2S/c1-3-16-28-21-11-7-4-8-18(21)23-22(26)17-24-12-14-25(15-13-24)19-9-5-6-10-20(19)27-2/h3-11H,1,12-17H2,2H3,(H,23,26)/p+1. The van der Waals surface area contributed by atoms with Gasteiger partial charge < -0.3 is 19.9 Å². The minimum Gasteiger partial charge on any atom is -0.495 e. The number of piperazine rings is 1. The first kappa shape index (κ1) is 20.3. The molecule has 0 unspecified atom stereocenters. The van der Waals surface area contributed by atoms with Crippen LogP contribution < -0.4 is 19.9 Å². The Hall–Kier alpha value is -2.44. The van der Waals surface area contributed by atoms with E-state index in [0.29, 0.717) is 6.54 Å². The summed E-state index contributed by atoms with van der Waals surface area (Å²) < 4.78 is 5.47. The molecule has 0 bridgehead atoms. The van der Waals surface area contributed by atoms with Crippen LogP contribution in [0.15, 0.2) is 66.1 Å². The maximum absolute atomic E-state index is 12.6. The van der Waals surface area contributed by atoms with Crippen LogP contribution in [0.4, 0.5) is 11.4 Å². The van der Waals surface area contributed by atoms with E-state index in [1.54, 1.807) is 18.9 Å². The van der Waals surface area contributed by atoms with E-state index in [2.05, 4.69) is 22.9 Å². The summed E-state index contributed by atoms with van der Waals surface area (Å²) in [5.74, 6) is 1.79. The lowest BCUT2D eigenvalue weighted by atomic mass is 10.2. The Morgan fingerprint density at radius 3 is 2.68 bits per heavy atom. The summed E-state index contributed by atoms with van der Waals surface area (Å²) in [6.07, 6.45) is 1.87.